The largest absolute Gasteiger partial charge is 0.329 e. The van der Waals surface area contributed by atoms with Crippen molar-refractivity contribution in [2.45, 2.75) is 19.8 Å². The minimum absolute atomic E-state index is 0.107. The Balaban J connectivity index is 1.59. The fraction of sp³-hybridized carbons (Fsp3) is 0.179. The summed E-state index contributed by atoms with van der Waals surface area (Å²) in [6, 6.07) is 24.3. The van der Waals surface area contributed by atoms with Crippen LogP contribution in [0.25, 0.3) is 16.9 Å². The molecule has 0 bridgehead atoms. The van der Waals surface area contributed by atoms with Crippen molar-refractivity contribution in [3.8, 4) is 16.9 Å². The number of anilines is 1. The Bertz CT molecular complexity index is 1320. The van der Waals surface area contributed by atoms with Gasteiger partial charge in [-0.05, 0) is 55.0 Å². The van der Waals surface area contributed by atoms with Gasteiger partial charge in [-0.25, -0.2) is 9.07 Å². The second-order valence-corrected chi connectivity index (χ2v) is 9.22. The van der Waals surface area contributed by atoms with Crippen molar-refractivity contribution in [2.24, 2.45) is 0 Å². The summed E-state index contributed by atoms with van der Waals surface area (Å²) >= 11 is 3.38. The second-order valence-electron chi connectivity index (χ2n) is 8.30. The molecular weight excluding hydrogens is 523 g/mol. The van der Waals surface area contributed by atoms with E-state index < -0.39 is 0 Å². The molecule has 6 nitrogen and oxygen atoms in total. The summed E-state index contributed by atoms with van der Waals surface area (Å²) in [4.78, 5) is 27.8. The van der Waals surface area contributed by atoms with Crippen LogP contribution in [0.15, 0.2) is 89.4 Å². The molecular formula is C28H26BrFN4O2. The van der Waals surface area contributed by atoms with E-state index in [2.05, 4.69) is 26.3 Å². The Labute approximate surface area is 217 Å². The predicted octanol–water partition coefficient (Wildman–Crippen LogP) is 6.32. The number of rotatable bonds is 9. The smallest absolute Gasteiger partial charge is 0.254 e. The monoisotopic (exact) mass is 548 g/mol. The van der Waals surface area contributed by atoms with E-state index in [1.165, 1.54) is 12.1 Å². The Morgan fingerprint density at radius 2 is 1.69 bits per heavy atom. The van der Waals surface area contributed by atoms with Crippen molar-refractivity contribution in [1.29, 1.82) is 0 Å². The van der Waals surface area contributed by atoms with Gasteiger partial charge in [0, 0.05) is 28.2 Å². The van der Waals surface area contributed by atoms with Gasteiger partial charge in [0.05, 0.1) is 11.4 Å². The summed E-state index contributed by atoms with van der Waals surface area (Å²) in [5.74, 6) is -0.489. The van der Waals surface area contributed by atoms with Crippen molar-refractivity contribution < 1.29 is 14.0 Å². The molecule has 0 radical (unpaired) electrons. The molecule has 0 unspecified atom stereocenters. The SMILES string of the molecule is CCCCN(CC(=O)Nc1cc(-c2ccccc2)nn1-c1ccc(F)cc1)C(=O)c1ccc(Br)cc1. The van der Waals surface area contributed by atoms with Crippen molar-refractivity contribution in [1.82, 2.24) is 14.7 Å². The Morgan fingerprint density at radius 3 is 2.36 bits per heavy atom. The highest BCUT2D eigenvalue weighted by atomic mass is 79.9. The normalized spacial score (nSPS) is 10.8. The summed E-state index contributed by atoms with van der Waals surface area (Å²) in [6.07, 6.45) is 1.67. The molecule has 1 aromatic heterocycles. The molecule has 184 valence electrons. The van der Waals surface area contributed by atoms with Gasteiger partial charge in [-0.15, -0.1) is 0 Å². The van der Waals surface area contributed by atoms with Gasteiger partial charge in [-0.1, -0.05) is 59.6 Å². The first-order valence-corrected chi connectivity index (χ1v) is 12.5. The number of benzene rings is 3. The predicted molar refractivity (Wildman–Crippen MR) is 143 cm³/mol. The average molecular weight is 549 g/mol. The summed E-state index contributed by atoms with van der Waals surface area (Å²) in [5.41, 5.74) is 2.65. The lowest BCUT2D eigenvalue weighted by Crippen LogP contribution is -2.39. The first-order chi connectivity index (χ1) is 17.4. The van der Waals surface area contributed by atoms with Gasteiger partial charge >= 0.3 is 0 Å². The second kappa shape index (κ2) is 11.8. The lowest BCUT2D eigenvalue weighted by atomic mass is 10.1. The quantitative estimate of drug-likeness (QED) is 0.266. The number of halogens is 2. The van der Waals surface area contributed by atoms with E-state index in [-0.39, 0.29) is 24.2 Å². The zero-order valence-corrected chi connectivity index (χ0v) is 21.4. The number of aromatic nitrogens is 2. The van der Waals surface area contributed by atoms with Gasteiger partial charge in [0.15, 0.2) is 0 Å². The van der Waals surface area contributed by atoms with Crippen molar-refractivity contribution in [2.75, 3.05) is 18.4 Å². The summed E-state index contributed by atoms with van der Waals surface area (Å²) in [5, 5.41) is 7.55. The molecule has 0 spiro atoms. The van der Waals surface area contributed by atoms with E-state index in [1.807, 2.05) is 37.3 Å². The van der Waals surface area contributed by atoms with Crippen LogP contribution < -0.4 is 5.32 Å². The zero-order chi connectivity index (χ0) is 25.5. The molecule has 0 saturated heterocycles. The van der Waals surface area contributed by atoms with E-state index in [4.69, 9.17) is 0 Å². The number of carbonyl (C=O) groups is 2. The fourth-order valence-electron chi connectivity index (χ4n) is 3.73. The molecule has 3 aromatic carbocycles. The van der Waals surface area contributed by atoms with Crippen LogP contribution >= 0.6 is 15.9 Å². The van der Waals surface area contributed by atoms with Crippen LogP contribution in [0.2, 0.25) is 0 Å². The molecule has 0 aliphatic carbocycles. The molecule has 0 atom stereocenters. The van der Waals surface area contributed by atoms with Gasteiger partial charge in [0.2, 0.25) is 5.91 Å². The maximum absolute atomic E-state index is 13.5. The molecule has 0 saturated carbocycles. The molecule has 1 heterocycles. The Hall–Kier alpha value is -3.78. The third-order valence-electron chi connectivity index (χ3n) is 5.61. The highest BCUT2D eigenvalue weighted by Gasteiger charge is 2.20. The van der Waals surface area contributed by atoms with Crippen LogP contribution in [-0.4, -0.2) is 39.6 Å². The molecule has 2 amide bonds. The lowest BCUT2D eigenvalue weighted by Gasteiger charge is -2.22. The van der Waals surface area contributed by atoms with Crippen molar-refractivity contribution in [3.05, 3.63) is 101 Å². The number of amides is 2. The van der Waals surface area contributed by atoms with Crippen LogP contribution in [-0.2, 0) is 4.79 Å². The molecule has 1 N–H and O–H groups in total. The van der Waals surface area contributed by atoms with Gasteiger partial charge in [-0.3, -0.25) is 9.59 Å². The Kier molecular flexibility index (Phi) is 8.28. The molecule has 4 rings (SSSR count). The number of nitrogens with one attached hydrogen (secondary N) is 1. The van der Waals surface area contributed by atoms with E-state index in [0.29, 0.717) is 29.3 Å². The summed E-state index contributed by atoms with van der Waals surface area (Å²) in [6.45, 7) is 2.39. The maximum Gasteiger partial charge on any atom is 0.254 e. The standard InChI is InChI=1S/C28H26BrFN4O2/c1-2-3-17-33(28(36)21-9-11-22(29)12-10-21)19-27(35)31-26-18-25(20-7-5-4-6-8-20)32-34(26)24-15-13-23(30)14-16-24/h4-16,18H,2-3,17,19H2,1H3,(H,31,35). The number of nitrogens with zero attached hydrogens (tertiary/aromatic N) is 3. The van der Waals surface area contributed by atoms with Crippen molar-refractivity contribution >= 4 is 33.6 Å². The topological polar surface area (TPSA) is 67.2 Å². The van der Waals surface area contributed by atoms with E-state index in [0.717, 1.165) is 22.9 Å². The van der Waals surface area contributed by atoms with Crippen LogP contribution in [0.4, 0.5) is 10.2 Å². The lowest BCUT2D eigenvalue weighted by molar-refractivity contribution is -0.116. The summed E-state index contributed by atoms with van der Waals surface area (Å²) in [7, 11) is 0. The van der Waals surface area contributed by atoms with E-state index in [9.17, 15) is 14.0 Å². The fourth-order valence-corrected chi connectivity index (χ4v) is 4.00. The number of unbranched alkanes of at least 4 members (excludes halogenated alkanes) is 1. The third-order valence-corrected chi connectivity index (χ3v) is 6.14. The molecule has 36 heavy (non-hydrogen) atoms. The number of hydrogen-bond acceptors (Lipinski definition) is 3. The minimum Gasteiger partial charge on any atom is -0.329 e. The first-order valence-electron chi connectivity index (χ1n) is 11.7. The number of hydrogen-bond donors (Lipinski definition) is 1. The van der Waals surface area contributed by atoms with E-state index in [1.54, 1.807) is 52.0 Å². The maximum atomic E-state index is 13.5. The van der Waals surface area contributed by atoms with Crippen LogP contribution in [0.1, 0.15) is 30.1 Å². The van der Waals surface area contributed by atoms with Gasteiger partial charge < -0.3 is 10.2 Å². The average Bonchev–Trinajstić information content (AvgIpc) is 3.31. The molecule has 8 heteroatoms. The molecule has 0 aliphatic heterocycles. The third kappa shape index (κ3) is 6.26. The van der Waals surface area contributed by atoms with E-state index >= 15 is 0 Å². The van der Waals surface area contributed by atoms with Crippen LogP contribution in [0, 0.1) is 5.82 Å². The van der Waals surface area contributed by atoms with Gasteiger partial charge in [-0.2, -0.15) is 5.10 Å². The van der Waals surface area contributed by atoms with Crippen LogP contribution in [0.3, 0.4) is 0 Å². The molecule has 0 fully saturated rings. The molecule has 4 aromatic rings. The van der Waals surface area contributed by atoms with Gasteiger partial charge in [0.25, 0.3) is 5.91 Å². The Morgan fingerprint density at radius 1 is 1.00 bits per heavy atom. The first kappa shape index (κ1) is 25.3. The summed E-state index contributed by atoms with van der Waals surface area (Å²) < 4.78 is 16.0. The highest BCUT2D eigenvalue weighted by molar-refractivity contribution is 9.10. The van der Waals surface area contributed by atoms with Gasteiger partial charge in [0.1, 0.15) is 18.2 Å². The number of carbonyl (C=O) groups excluding carboxylic acids is 2. The highest BCUT2D eigenvalue weighted by Crippen LogP contribution is 2.25. The molecule has 0 aliphatic rings. The minimum atomic E-state index is -0.363. The van der Waals surface area contributed by atoms with Crippen LogP contribution in [0.5, 0.6) is 0 Å². The zero-order valence-electron chi connectivity index (χ0n) is 19.8. The van der Waals surface area contributed by atoms with Crippen molar-refractivity contribution in [3.63, 3.8) is 0 Å².